The van der Waals surface area contributed by atoms with Crippen LogP contribution in [0.25, 0.3) is 0 Å². The third kappa shape index (κ3) is 3.68. The summed E-state index contributed by atoms with van der Waals surface area (Å²) < 4.78 is 13.1. The second-order valence-electron chi connectivity index (χ2n) is 4.46. The zero-order chi connectivity index (χ0) is 15.2. The lowest BCUT2D eigenvalue weighted by Gasteiger charge is -2.09. The number of carbonyl (C=O) groups excluding carboxylic acids is 1. The number of halogens is 1. The lowest BCUT2D eigenvalue weighted by Crippen LogP contribution is -2.14. The maximum absolute atomic E-state index is 13.1. The van der Waals surface area contributed by atoms with E-state index in [9.17, 15) is 9.18 Å². The number of benzene rings is 2. The fourth-order valence-corrected chi connectivity index (χ4v) is 1.89. The van der Waals surface area contributed by atoms with E-state index in [2.05, 4.69) is 17.2 Å². The van der Waals surface area contributed by atoms with E-state index in [1.807, 2.05) is 0 Å². The Labute approximate surface area is 123 Å². The summed E-state index contributed by atoms with van der Waals surface area (Å²) in [7, 11) is 0. The molecule has 0 aliphatic rings. The van der Waals surface area contributed by atoms with E-state index in [4.69, 9.17) is 5.73 Å². The Morgan fingerprint density at radius 3 is 2.76 bits per heavy atom. The number of rotatable bonds is 2. The first-order chi connectivity index (χ1) is 10.1. The Hall–Kier alpha value is -2.64. The van der Waals surface area contributed by atoms with Crippen molar-refractivity contribution in [3.63, 3.8) is 0 Å². The molecule has 2 aromatic rings. The molecule has 0 saturated heterocycles. The number of hydrogen-bond acceptors (Lipinski definition) is 2. The molecule has 0 heterocycles. The maximum atomic E-state index is 13.1. The van der Waals surface area contributed by atoms with Gasteiger partial charge in [0.1, 0.15) is 5.82 Å². The van der Waals surface area contributed by atoms with Crippen LogP contribution in [0.4, 0.5) is 10.1 Å². The highest BCUT2D eigenvalue weighted by Gasteiger charge is 2.11. The van der Waals surface area contributed by atoms with Crippen molar-refractivity contribution in [2.45, 2.75) is 6.92 Å². The lowest BCUT2D eigenvalue weighted by molar-refractivity contribution is 0.102. The molecule has 0 bridgehead atoms. The molecular formula is C17H15FN2O. The summed E-state index contributed by atoms with van der Waals surface area (Å²) in [6.45, 7) is 1.96. The molecule has 0 aliphatic heterocycles. The van der Waals surface area contributed by atoms with Crippen LogP contribution in [0.3, 0.4) is 0 Å². The van der Waals surface area contributed by atoms with Crippen LogP contribution >= 0.6 is 0 Å². The second kappa shape index (κ2) is 6.69. The number of nitrogens with one attached hydrogen (secondary N) is 1. The van der Waals surface area contributed by atoms with Crippen LogP contribution in [0.2, 0.25) is 0 Å². The number of aryl methyl sites for hydroxylation is 1. The minimum absolute atomic E-state index is 0.229. The van der Waals surface area contributed by atoms with E-state index in [0.29, 0.717) is 22.4 Å². The van der Waals surface area contributed by atoms with Gasteiger partial charge in [-0.05, 0) is 42.8 Å². The Bertz CT molecular complexity index is 729. The molecule has 0 spiro atoms. The number of carbonyl (C=O) groups is 1. The average molecular weight is 282 g/mol. The molecule has 1 amide bonds. The van der Waals surface area contributed by atoms with Crippen molar-refractivity contribution in [3.05, 3.63) is 65.0 Å². The molecule has 21 heavy (non-hydrogen) atoms. The summed E-state index contributed by atoms with van der Waals surface area (Å²) in [6.07, 6.45) is 0. The van der Waals surface area contributed by atoms with Gasteiger partial charge in [0.2, 0.25) is 0 Å². The highest BCUT2D eigenvalue weighted by Crippen LogP contribution is 2.17. The number of hydrogen-bond donors (Lipinski definition) is 2. The highest BCUT2D eigenvalue weighted by atomic mass is 19.1. The molecule has 2 aromatic carbocycles. The van der Waals surface area contributed by atoms with Gasteiger partial charge >= 0.3 is 0 Å². The van der Waals surface area contributed by atoms with Gasteiger partial charge in [-0.15, -0.1) is 0 Å². The van der Waals surface area contributed by atoms with Crippen LogP contribution in [-0.2, 0) is 0 Å². The van der Waals surface area contributed by atoms with Gasteiger partial charge < -0.3 is 11.1 Å². The standard InChI is InChI=1S/C17H15FN2O/c1-12-11-14(18)8-9-16(12)20-17(21)15-7-3-2-5-13(15)6-4-10-19/h2-3,5,7-9,11H,10,19H2,1H3,(H,20,21). The number of amides is 1. The molecule has 4 heteroatoms. The minimum Gasteiger partial charge on any atom is -0.322 e. The lowest BCUT2D eigenvalue weighted by atomic mass is 10.1. The molecule has 106 valence electrons. The summed E-state index contributed by atoms with van der Waals surface area (Å²) in [5.74, 6) is 4.98. The van der Waals surface area contributed by atoms with Gasteiger partial charge in [-0.3, -0.25) is 4.79 Å². The van der Waals surface area contributed by atoms with Crippen LogP contribution in [-0.4, -0.2) is 12.5 Å². The molecule has 0 atom stereocenters. The molecule has 0 fully saturated rings. The second-order valence-corrected chi connectivity index (χ2v) is 4.46. The van der Waals surface area contributed by atoms with Gasteiger partial charge in [-0.25, -0.2) is 4.39 Å². The van der Waals surface area contributed by atoms with Crippen molar-refractivity contribution in [2.24, 2.45) is 5.73 Å². The predicted molar refractivity (Wildman–Crippen MR) is 81.5 cm³/mol. The molecule has 3 nitrogen and oxygen atoms in total. The van der Waals surface area contributed by atoms with Crippen molar-refractivity contribution >= 4 is 11.6 Å². The van der Waals surface area contributed by atoms with Crippen molar-refractivity contribution in [2.75, 3.05) is 11.9 Å². The summed E-state index contributed by atoms with van der Waals surface area (Å²) in [4.78, 5) is 12.3. The minimum atomic E-state index is -0.334. The van der Waals surface area contributed by atoms with Crippen molar-refractivity contribution in [3.8, 4) is 11.8 Å². The van der Waals surface area contributed by atoms with Gasteiger partial charge in [0.15, 0.2) is 0 Å². The molecule has 3 N–H and O–H groups in total. The average Bonchev–Trinajstić information content (AvgIpc) is 2.48. The first-order valence-corrected chi connectivity index (χ1v) is 6.47. The number of anilines is 1. The Morgan fingerprint density at radius 2 is 2.05 bits per heavy atom. The highest BCUT2D eigenvalue weighted by molar-refractivity contribution is 6.06. The smallest absolute Gasteiger partial charge is 0.256 e. The fourth-order valence-electron chi connectivity index (χ4n) is 1.89. The summed E-state index contributed by atoms with van der Waals surface area (Å²) in [5, 5.41) is 2.77. The molecule has 0 aliphatic carbocycles. The SMILES string of the molecule is Cc1cc(F)ccc1NC(=O)c1ccccc1C#CCN. The largest absolute Gasteiger partial charge is 0.322 e. The predicted octanol–water partition coefficient (Wildman–Crippen LogP) is 2.70. The third-order valence-corrected chi connectivity index (χ3v) is 2.93. The van der Waals surface area contributed by atoms with E-state index in [0.717, 1.165) is 0 Å². The van der Waals surface area contributed by atoms with Crippen molar-refractivity contribution in [1.29, 1.82) is 0 Å². The molecule has 2 rings (SSSR count). The van der Waals surface area contributed by atoms with E-state index in [-0.39, 0.29) is 18.3 Å². The zero-order valence-corrected chi connectivity index (χ0v) is 11.6. The van der Waals surface area contributed by atoms with E-state index < -0.39 is 0 Å². The molecular weight excluding hydrogens is 267 g/mol. The normalized spacial score (nSPS) is 9.67. The molecule has 0 saturated carbocycles. The maximum Gasteiger partial charge on any atom is 0.256 e. The third-order valence-electron chi connectivity index (χ3n) is 2.93. The Morgan fingerprint density at radius 1 is 1.29 bits per heavy atom. The first-order valence-electron chi connectivity index (χ1n) is 6.47. The van der Waals surface area contributed by atoms with E-state index >= 15 is 0 Å². The van der Waals surface area contributed by atoms with Crippen LogP contribution < -0.4 is 11.1 Å². The van der Waals surface area contributed by atoms with E-state index in [1.165, 1.54) is 18.2 Å². The van der Waals surface area contributed by atoms with Crippen molar-refractivity contribution in [1.82, 2.24) is 0 Å². The van der Waals surface area contributed by atoms with Gasteiger partial charge in [-0.2, -0.15) is 0 Å². The summed E-state index contributed by atoms with van der Waals surface area (Å²) in [5.41, 5.74) is 7.66. The van der Waals surface area contributed by atoms with E-state index in [1.54, 1.807) is 31.2 Å². The molecule has 0 aromatic heterocycles. The first kappa shape index (κ1) is 14.8. The monoisotopic (exact) mass is 282 g/mol. The number of nitrogens with two attached hydrogens (primary N) is 1. The topological polar surface area (TPSA) is 55.1 Å². The van der Waals surface area contributed by atoms with Crippen molar-refractivity contribution < 1.29 is 9.18 Å². The Kier molecular flexibility index (Phi) is 4.70. The van der Waals surface area contributed by atoms with Gasteiger partial charge in [0.25, 0.3) is 5.91 Å². The van der Waals surface area contributed by atoms with Gasteiger partial charge in [0.05, 0.1) is 12.1 Å². The molecule has 0 unspecified atom stereocenters. The van der Waals surface area contributed by atoms with Crippen LogP contribution in [0, 0.1) is 24.6 Å². The zero-order valence-electron chi connectivity index (χ0n) is 11.6. The Balaban J connectivity index is 2.28. The summed E-state index contributed by atoms with van der Waals surface area (Å²) >= 11 is 0. The van der Waals surface area contributed by atoms with Crippen LogP contribution in [0.1, 0.15) is 21.5 Å². The summed E-state index contributed by atoms with van der Waals surface area (Å²) in [6, 6.07) is 11.2. The van der Waals surface area contributed by atoms with Crippen LogP contribution in [0.5, 0.6) is 0 Å². The fraction of sp³-hybridized carbons (Fsp3) is 0.118. The quantitative estimate of drug-likeness (QED) is 0.832. The van der Waals surface area contributed by atoms with Gasteiger partial charge in [-0.1, -0.05) is 24.0 Å². The van der Waals surface area contributed by atoms with Gasteiger partial charge in [0, 0.05) is 11.3 Å². The van der Waals surface area contributed by atoms with Crippen LogP contribution in [0.15, 0.2) is 42.5 Å². The molecule has 0 radical (unpaired) electrons.